The van der Waals surface area contributed by atoms with Gasteiger partial charge in [0.25, 0.3) is 0 Å². The standard InChI is InChI=1S/C13H8FIO2/c14-10-5-3-4-9(8-16)13(10)17-12-7-2-1-6-11(12)15/h1-8H. The molecule has 0 atom stereocenters. The summed E-state index contributed by atoms with van der Waals surface area (Å²) in [6.07, 6.45) is 0.578. The normalized spacial score (nSPS) is 10.0. The number of hydrogen-bond acceptors (Lipinski definition) is 2. The van der Waals surface area contributed by atoms with Crippen LogP contribution in [0.15, 0.2) is 42.5 Å². The molecule has 0 amide bonds. The van der Waals surface area contributed by atoms with E-state index in [1.165, 1.54) is 18.2 Å². The highest BCUT2D eigenvalue weighted by Gasteiger charge is 2.11. The Balaban J connectivity index is 2.43. The minimum Gasteiger partial charge on any atom is -0.452 e. The summed E-state index contributed by atoms with van der Waals surface area (Å²) in [6, 6.07) is 11.5. The summed E-state index contributed by atoms with van der Waals surface area (Å²) in [5, 5.41) is 0. The first-order valence-corrected chi connectivity index (χ1v) is 5.96. The third-order valence-electron chi connectivity index (χ3n) is 2.17. The summed E-state index contributed by atoms with van der Waals surface area (Å²) in [7, 11) is 0. The molecule has 0 aliphatic rings. The van der Waals surface area contributed by atoms with Crippen molar-refractivity contribution in [3.8, 4) is 11.5 Å². The van der Waals surface area contributed by atoms with Crippen LogP contribution in [0.25, 0.3) is 0 Å². The summed E-state index contributed by atoms with van der Waals surface area (Å²) in [5.41, 5.74) is 0.199. The van der Waals surface area contributed by atoms with E-state index in [1.54, 1.807) is 12.1 Å². The van der Waals surface area contributed by atoms with Crippen LogP contribution in [-0.2, 0) is 0 Å². The van der Waals surface area contributed by atoms with Gasteiger partial charge in [-0.15, -0.1) is 0 Å². The van der Waals surface area contributed by atoms with Crippen LogP contribution in [0.4, 0.5) is 4.39 Å². The van der Waals surface area contributed by atoms with Crippen molar-refractivity contribution in [3.63, 3.8) is 0 Å². The first-order valence-electron chi connectivity index (χ1n) is 4.88. The van der Waals surface area contributed by atoms with E-state index < -0.39 is 5.82 Å². The monoisotopic (exact) mass is 342 g/mol. The van der Waals surface area contributed by atoms with E-state index in [-0.39, 0.29) is 11.3 Å². The van der Waals surface area contributed by atoms with E-state index in [0.29, 0.717) is 12.0 Å². The lowest BCUT2D eigenvalue weighted by Crippen LogP contribution is -1.95. The van der Waals surface area contributed by atoms with Crippen molar-refractivity contribution in [2.24, 2.45) is 0 Å². The van der Waals surface area contributed by atoms with Crippen LogP contribution in [0.3, 0.4) is 0 Å². The Bertz CT molecular complexity index is 555. The lowest BCUT2D eigenvalue weighted by Gasteiger charge is -2.10. The summed E-state index contributed by atoms with van der Waals surface area (Å²) in [6.45, 7) is 0. The predicted molar refractivity (Wildman–Crippen MR) is 71.0 cm³/mol. The van der Waals surface area contributed by atoms with Gasteiger partial charge in [0.15, 0.2) is 17.9 Å². The molecule has 0 unspecified atom stereocenters. The number of aldehydes is 1. The van der Waals surface area contributed by atoms with E-state index in [9.17, 15) is 9.18 Å². The average molecular weight is 342 g/mol. The Morgan fingerprint density at radius 3 is 2.59 bits per heavy atom. The molecule has 4 heteroatoms. The third-order valence-corrected chi connectivity index (χ3v) is 3.06. The molecule has 0 saturated heterocycles. The van der Waals surface area contributed by atoms with E-state index in [1.807, 2.05) is 12.1 Å². The summed E-state index contributed by atoms with van der Waals surface area (Å²) >= 11 is 2.09. The maximum Gasteiger partial charge on any atom is 0.173 e. The minimum absolute atomic E-state index is 0.0355. The van der Waals surface area contributed by atoms with Gasteiger partial charge in [-0.1, -0.05) is 18.2 Å². The molecule has 0 aromatic heterocycles. The van der Waals surface area contributed by atoms with E-state index in [4.69, 9.17) is 4.74 Å². The zero-order valence-corrected chi connectivity index (χ0v) is 10.8. The molecule has 0 aliphatic carbocycles. The van der Waals surface area contributed by atoms with Crippen molar-refractivity contribution < 1.29 is 13.9 Å². The fraction of sp³-hybridized carbons (Fsp3) is 0. The van der Waals surface area contributed by atoms with Crippen LogP contribution < -0.4 is 4.74 Å². The van der Waals surface area contributed by atoms with E-state index in [0.717, 1.165) is 3.57 Å². The maximum atomic E-state index is 13.6. The number of carbonyl (C=O) groups is 1. The first kappa shape index (κ1) is 12.0. The molecule has 0 fully saturated rings. The number of benzene rings is 2. The predicted octanol–water partition coefficient (Wildman–Crippen LogP) is 4.04. The van der Waals surface area contributed by atoms with Gasteiger partial charge in [0, 0.05) is 0 Å². The number of carbonyl (C=O) groups excluding carboxylic acids is 1. The van der Waals surface area contributed by atoms with Gasteiger partial charge in [-0.3, -0.25) is 4.79 Å². The molecule has 2 aromatic carbocycles. The molecule has 0 heterocycles. The third kappa shape index (κ3) is 2.63. The first-order chi connectivity index (χ1) is 8.22. The topological polar surface area (TPSA) is 26.3 Å². The zero-order chi connectivity index (χ0) is 12.3. The van der Waals surface area contributed by atoms with Gasteiger partial charge in [0.2, 0.25) is 0 Å². The number of hydrogen-bond donors (Lipinski definition) is 0. The average Bonchev–Trinajstić information content (AvgIpc) is 2.34. The van der Waals surface area contributed by atoms with Crippen LogP contribution in [0.2, 0.25) is 0 Å². The van der Waals surface area contributed by atoms with E-state index >= 15 is 0 Å². The molecule has 0 bridgehead atoms. The van der Waals surface area contributed by atoms with Gasteiger partial charge in [0.1, 0.15) is 5.75 Å². The highest BCUT2D eigenvalue weighted by molar-refractivity contribution is 14.1. The SMILES string of the molecule is O=Cc1cccc(F)c1Oc1ccccc1I. The number of ether oxygens (including phenoxy) is 1. The molecule has 2 nitrogen and oxygen atoms in total. The molecule has 0 saturated carbocycles. The number of halogens is 2. The highest BCUT2D eigenvalue weighted by atomic mass is 127. The molecular weight excluding hydrogens is 334 g/mol. The fourth-order valence-corrected chi connectivity index (χ4v) is 1.86. The van der Waals surface area contributed by atoms with Crippen molar-refractivity contribution in [2.75, 3.05) is 0 Å². The Morgan fingerprint density at radius 2 is 1.88 bits per heavy atom. The molecular formula is C13H8FIO2. The van der Waals surface area contributed by atoms with Crippen LogP contribution >= 0.6 is 22.6 Å². The fourth-order valence-electron chi connectivity index (χ4n) is 1.36. The molecule has 0 radical (unpaired) electrons. The summed E-state index contributed by atoms with van der Waals surface area (Å²) in [4.78, 5) is 10.8. The van der Waals surface area contributed by atoms with E-state index in [2.05, 4.69) is 22.6 Å². The van der Waals surface area contributed by atoms with Crippen molar-refractivity contribution in [3.05, 3.63) is 57.4 Å². The molecule has 0 aliphatic heterocycles. The Labute approximate surface area is 112 Å². The van der Waals surface area contributed by atoms with Crippen molar-refractivity contribution >= 4 is 28.9 Å². The largest absolute Gasteiger partial charge is 0.452 e. The second kappa shape index (κ2) is 5.27. The van der Waals surface area contributed by atoms with Gasteiger partial charge >= 0.3 is 0 Å². The lowest BCUT2D eigenvalue weighted by atomic mass is 10.2. The minimum atomic E-state index is -0.547. The van der Waals surface area contributed by atoms with Crippen LogP contribution in [0.1, 0.15) is 10.4 Å². The van der Waals surface area contributed by atoms with Crippen LogP contribution in [0.5, 0.6) is 11.5 Å². The zero-order valence-electron chi connectivity index (χ0n) is 8.69. The molecule has 2 rings (SSSR count). The van der Waals surface area contributed by atoms with Gasteiger partial charge < -0.3 is 4.74 Å². The lowest BCUT2D eigenvalue weighted by molar-refractivity contribution is 0.112. The Hall–Kier alpha value is -1.43. The highest BCUT2D eigenvalue weighted by Crippen LogP contribution is 2.30. The second-order valence-electron chi connectivity index (χ2n) is 3.31. The van der Waals surface area contributed by atoms with Gasteiger partial charge in [0.05, 0.1) is 9.13 Å². The van der Waals surface area contributed by atoms with Crippen LogP contribution in [-0.4, -0.2) is 6.29 Å². The summed E-state index contributed by atoms with van der Waals surface area (Å²) in [5.74, 6) is -0.0535. The quantitative estimate of drug-likeness (QED) is 0.622. The second-order valence-corrected chi connectivity index (χ2v) is 4.47. The van der Waals surface area contributed by atoms with Gasteiger partial charge in [-0.25, -0.2) is 4.39 Å². The number of para-hydroxylation sites is 2. The van der Waals surface area contributed by atoms with Gasteiger partial charge in [-0.05, 0) is 46.9 Å². The number of rotatable bonds is 3. The van der Waals surface area contributed by atoms with Crippen molar-refractivity contribution in [1.82, 2.24) is 0 Å². The van der Waals surface area contributed by atoms with Crippen molar-refractivity contribution in [2.45, 2.75) is 0 Å². The maximum absolute atomic E-state index is 13.6. The molecule has 86 valence electrons. The van der Waals surface area contributed by atoms with Gasteiger partial charge in [-0.2, -0.15) is 0 Å². The Morgan fingerprint density at radius 1 is 1.12 bits per heavy atom. The molecule has 2 aromatic rings. The van der Waals surface area contributed by atoms with Crippen molar-refractivity contribution in [1.29, 1.82) is 0 Å². The Kier molecular flexibility index (Phi) is 3.73. The summed E-state index contributed by atoms with van der Waals surface area (Å²) < 4.78 is 19.9. The van der Waals surface area contributed by atoms with Crippen LogP contribution in [0, 0.1) is 9.39 Å². The molecule has 17 heavy (non-hydrogen) atoms. The molecule has 0 spiro atoms. The molecule has 0 N–H and O–H groups in total. The smallest absolute Gasteiger partial charge is 0.173 e.